The number of carbonyl (C=O) groups excluding carboxylic acids is 1. The fourth-order valence-corrected chi connectivity index (χ4v) is 4.15. The van der Waals surface area contributed by atoms with Crippen molar-refractivity contribution in [3.8, 4) is 0 Å². The maximum atomic E-state index is 12.6. The minimum atomic E-state index is -3.63. The topological polar surface area (TPSA) is 66.5 Å². The van der Waals surface area contributed by atoms with E-state index in [0.717, 1.165) is 23.1 Å². The van der Waals surface area contributed by atoms with Gasteiger partial charge in [-0.25, -0.2) is 8.42 Å². The normalized spacial score (nSPS) is 14.2. The van der Waals surface area contributed by atoms with Crippen molar-refractivity contribution in [1.82, 2.24) is 4.90 Å². The second-order valence-electron chi connectivity index (χ2n) is 7.07. The molecular formula is C20H24N2O3S. The van der Waals surface area contributed by atoms with Crippen molar-refractivity contribution in [1.29, 1.82) is 0 Å². The van der Waals surface area contributed by atoms with Gasteiger partial charge in [0.25, 0.3) is 10.0 Å². The van der Waals surface area contributed by atoms with E-state index in [-0.39, 0.29) is 16.7 Å². The molecule has 26 heavy (non-hydrogen) atoms. The summed E-state index contributed by atoms with van der Waals surface area (Å²) < 4.78 is 27.8. The van der Waals surface area contributed by atoms with Crippen molar-refractivity contribution < 1.29 is 13.2 Å². The molecule has 3 rings (SSSR count). The van der Waals surface area contributed by atoms with Crippen molar-refractivity contribution >= 4 is 21.6 Å². The van der Waals surface area contributed by atoms with E-state index in [1.54, 1.807) is 30.3 Å². The maximum Gasteiger partial charge on any atom is 0.261 e. The Labute approximate surface area is 155 Å². The molecule has 1 aliphatic rings. The average Bonchev–Trinajstić information content (AvgIpc) is 2.60. The van der Waals surface area contributed by atoms with Gasteiger partial charge in [0.1, 0.15) is 0 Å². The lowest BCUT2D eigenvalue weighted by molar-refractivity contribution is -0.135. The highest BCUT2D eigenvalue weighted by atomic mass is 32.2. The quantitative estimate of drug-likeness (QED) is 0.895. The van der Waals surface area contributed by atoms with Crippen molar-refractivity contribution in [3.05, 3.63) is 59.2 Å². The number of fused-ring (bicyclic) bond motifs is 1. The van der Waals surface area contributed by atoms with Crippen LogP contribution < -0.4 is 4.72 Å². The Morgan fingerprint density at radius 2 is 1.77 bits per heavy atom. The Balaban J connectivity index is 1.82. The molecule has 1 aliphatic heterocycles. The van der Waals surface area contributed by atoms with Crippen LogP contribution in [0.4, 0.5) is 5.69 Å². The van der Waals surface area contributed by atoms with Crippen LogP contribution in [0.15, 0.2) is 47.4 Å². The number of amides is 1. The lowest BCUT2D eigenvalue weighted by Gasteiger charge is -2.30. The molecule has 5 nitrogen and oxygen atoms in total. The van der Waals surface area contributed by atoms with Crippen molar-refractivity contribution in [2.75, 3.05) is 11.3 Å². The summed E-state index contributed by atoms with van der Waals surface area (Å²) in [4.78, 5) is 14.3. The van der Waals surface area contributed by atoms with E-state index in [1.807, 2.05) is 37.8 Å². The molecule has 0 bridgehead atoms. The highest BCUT2D eigenvalue weighted by Crippen LogP contribution is 2.25. The molecule has 0 saturated heterocycles. The van der Waals surface area contributed by atoms with E-state index in [4.69, 9.17) is 0 Å². The average molecular weight is 372 g/mol. The second kappa shape index (κ2) is 7.11. The first-order chi connectivity index (χ1) is 12.3. The molecular weight excluding hydrogens is 348 g/mol. The minimum absolute atomic E-state index is 0.0419. The Kier molecular flexibility index (Phi) is 5.05. The Morgan fingerprint density at radius 3 is 2.42 bits per heavy atom. The van der Waals surface area contributed by atoms with Gasteiger partial charge in [-0.15, -0.1) is 0 Å². The van der Waals surface area contributed by atoms with Crippen LogP contribution in [-0.4, -0.2) is 25.8 Å². The first kappa shape index (κ1) is 18.5. The van der Waals surface area contributed by atoms with E-state index < -0.39 is 10.0 Å². The molecule has 6 heteroatoms. The molecule has 138 valence electrons. The number of nitrogens with zero attached hydrogens (tertiary/aromatic N) is 1. The first-order valence-corrected chi connectivity index (χ1v) is 10.2. The smallest absolute Gasteiger partial charge is 0.261 e. The lowest BCUT2D eigenvalue weighted by Crippen LogP contribution is -2.38. The van der Waals surface area contributed by atoms with Crippen molar-refractivity contribution in [3.63, 3.8) is 0 Å². The third-order valence-corrected chi connectivity index (χ3v) is 6.00. The van der Waals surface area contributed by atoms with E-state index >= 15 is 0 Å². The molecule has 2 aromatic rings. The van der Waals surface area contributed by atoms with Gasteiger partial charge in [-0.3, -0.25) is 9.52 Å². The zero-order valence-electron chi connectivity index (χ0n) is 15.3. The number of nitrogens with one attached hydrogen (secondary N) is 1. The SMILES string of the molecule is Cc1ccc(S(=O)(=O)Nc2ccc3c(c2)CN(C(=O)C(C)C)CC3)cc1. The maximum absolute atomic E-state index is 12.6. The van der Waals surface area contributed by atoms with E-state index in [2.05, 4.69) is 4.72 Å². The summed E-state index contributed by atoms with van der Waals surface area (Å²) in [5.41, 5.74) is 3.68. The summed E-state index contributed by atoms with van der Waals surface area (Å²) in [7, 11) is -3.63. The fraction of sp³-hybridized carbons (Fsp3) is 0.350. The highest BCUT2D eigenvalue weighted by Gasteiger charge is 2.23. The summed E-state index contributed by atoms with van der Waals surface area (Å²) in [5, 5.41) is 0. The van der Waals surface area contributed by atoms with Crippen LogP contribution in [0.3, 0.4) is 0 Å². The fourth-order valence-electron chi connectivity index (χ4n) is 3.11. The van der Waals surface area contributed by atoms with Crippen LogP contribution in [0.1, 0.15) is 30.5 Å². The second-order valence-corrected chi connectivity index (χ2v) is 8.75. The third-order valence-electron chi connectivity index (χ3n) is 4.61. The number of benzene rings is 2. The molecule has 2 aromatic carbocycles. The number of hydrogen-bond donors (Lipinski definition) is 1. The molecule has 0 unspecified atom stereocenters. The molecule has 1 amide bonds. The van der Waals surface area contributed by atoms with Crippen LogP contribution in [0.25, 0.3) is 0 Å². The highest BCUT2D eigenvalue weighted by molar-refractivity contribution is 7.92. The number of rotatable bonds is 4. The largest absolute Gasteiger partial charge is 0.338 e. The van der Waals surface area contributed by atoms with E-state index in [0.29, 0.717) is 18.8 Å². The Morgan fingerprint density at radius 1 is 1.08 bits per heavy atom. The number of aryl methyl sites for hydroxylation is 1. The minimum Gasteiger partial charge on any atom is -0.338 e. The zero-order chi connectivity index (χ0) is 18.9. The predicted molar refractivity (Wildman–Crippen MR) is 102 cm³/mol. The summed E-state index contributed by atoms with van der Waals surface area (Å²) in [6.07, 6.45) is 0.790. The van der Waals surface area contributed by atoms with Gasteiger partial charge in [0.15, 0.2) is 0 Å². The standard InChI is InChI=1S/C20H24N2O3S/c1-14(2)20(23)22-11-10-16-6-7-18(12-17(16)13-22)21-26(24,25)19-8-4-15(3)5-9-19/h4-9,12,14,21H,10-11,13H2,1-3H3. The molecule has 0 aliphatic carbocycles. The number of hydrogen-bond acceptors (Lipinski definition) is 3. The van der Waals surface area contributed by atoms with Crippen LogP contribution in [0.2, 0.25) is 0 Å². The number of carbonyl (C=O) groups is 1. The molecule has 0 atom stereocenters. The Hall–Kier alpha value is -2.34. The predicted octanol–water partition coefficient (Wildman–Crippen LogP) is 3.34. The summed E-state index contributed by atoms with van der Waals surface area (Å²) in [5.74, 6) is 0.0843. The van der Waals surface area contributed by atoms with Gasteiger partial charge in [-0.2, -0.15) is 0 Å². The van der Waals surface area contributed by atoms with Crippen LogP contribution in [-0.2, 0) is 27.8 Å². The molecule has 1 N–H and O–H groups in total. The van der Waals surface area contributed by atoms with Crippen molar-refractivity contribution in [2.24, 2.45) is 5.92 Å². The van der Waals surface area contributed by atoms with E-state index in [1.165, 1.54) is 0 Å². The van der Waals surface area contributed by atoms with E-state index in [9.17, 15) is 13.2 Å². The van der Waals surface area contributed by atoms with Crippen LogP contribution in [0, 0.1) is 12.8 Å². The molecule has 0 fully saturated rings. The van der Waals surface area contributed by atoms with Crippen LogP contribution in [0.5, 0.6) is 0 Å². The zero-order valence-corrected chi connectivity index (χ0v) is 16.1. The number of sulfonamides is 1. The van der Waals surface area contributed by atoms with Gasteiger partial charge in [-0.1, -0.05) is 37.6 Å². The summed E-state index contributed by atoms with van der Waals surface area (Å²) >= 11 is 0. The molecule has 1 heterocycles. The molecule has 0 saturated carbocycles. The molecule has 0 aromatic heterocycles. The lowest BCUT2D eigenvalue weighted by atomic mass is 9.98. The van der Waals surface area contributed by atoms with Crippen molar-refractivity contribution in [2.45, 2.75) is 38.6 Å². The Bertz CT molecular complexity index is 919. The van der Waals surface area contributed by atoms with Gasteiger partial charge in [0.05, 0.1) is 4.90 Å². The van der Waals surface area contributed by atoms with Gasteiger partial charge < -0.3 is 4.90 Å². The van der Waals surface area contributed by atoms with Gasteiger partial charge in [0, 0.05) is 24.7 Å². The molecule has 0 radical (unpaired) electrons. The van der Waals surface area contributed by atoms with Gasteiger partial charge >= 0.3 is 0 Å². The summed E-state index contributed by atoms with van der Waals surface area (Å²) in [6, 6.07) is 12.3. The first-order valence-electron chi connectivity index (χ1n) is 8.76. The van der Waals surface area contributed by atoms with Crippen LogP contribution >= 0.6 is 0 Å². The molecule has 0 spiro atoms. The summed E-state index contributed by atoms with van der Waals surface area (Å²) in [6.45, 7) is 6.93. The number of anilines is 1. The monoisotopic (exact) mass is 372 g/mol. The van der Waals surface area contributed by atoms with Gasteiger partial charge in [0.2, 0.25) is 5.91 Å². The van der Waals surface area contributed by atoms with Gasteiger partial charge in [-0.05, 0) is 48.7 Å². The third kappa shape index (κ3) is 3.90.